The standard InChI is InChI=1S/C18H20N4O3S/c1-11-12(2)26-17(19-11)21-15(23)9-8-14-16(24)22(18(25)20-14)10-13-6-4-3-5-7-13/h3-7,14H,8-10H2,1-2H3,(H,20,25)(H,19,21,23)/t14-/m0/s1. The number of imide groups is 1. The minimum atomic E-state index is -0.670. The summed E-state index contributed by atoms with van der Waals surface area (Å²) in [5, 5.41) is 5.94. The molecule has 1 atom stereocenters. The molecule has 1 aromatic carbocycles. The Morgan fingerprint density at radius 1 is 1.27 bits per heavy atom. The Labute approximate surface area is 155 Å². The van der Waals surface area contributed by atoms with Gasteiger partial charge in [-0.1, -0.05) is 30.3 Å². The summed E-state index contributed by atoms with van der Waals surface area (Å²) in [7, 11) is 0. The summed E-state index contributed by atoms with van der Waals surface area (Å²) in [4.78, 5) is 43.1. The fourth-order valence-electron chi connectivity index (χ4n) is 2.67. The van der Waals surface area contributed by atoms with Crippen LogP contribution in [0, 0.1) is 13.8 Å². The van der Waals surface area contributed by atoms with Crippen molar-refractivity contribution in [2.75, 3.05) is 5.32 Å². The maximum absolute atomic E-state index is 12.4. The number of rotatable bonds is 6. The summed E-state index contributed by atoms with van der Waals surface area (Å²) in [5.74, 6) is -0.519. The number of carbonyl (C=O) groups excluding carboxylic acids is 3. The van der Waals surface area contributed by atoms with Crippen LogP contribution in [0.5, 0.6) is 0 Å². The molecule has 0 unspecified atom stereocenters. The van der Waals surface area contributed by atoms with Gasteiger partial charge in [0.15, 0.2) is 5.13 Å². The zero-order chi connectivity index (χ0) is 18.7. The van der Waals surface area contributed by atoms with E-state index in [1.54, 1.807) is 0 Å². The van der Waals surface area contributed by atoms with Gasteiger partial charge in [0.05, 0.1) is 12.2 Å². The second kappa shape index (κ2) is 7.65. The predicted molar refractivity (Wildman–Crippen MR) is 98.8 cm³/mol. The topological polar surface area (TPSA) is 91.4 Å². The number of urea groups is 1. The molecule has 4 amide bonds. The Morgan fingerprint density at radius 3 is 2.65 bits per heavy atom. The monoisotopic (exact) mass is 372 g/mol. The largest absolute Gasteiger partial charge is 0.326 e. The number of benzene rings is 1. The average molecular weight is 372 g/mol. The Hall–Kier alpha value is -2.74. The molecule has 0 bridgehead atoms. The van der Waals surface area contributed by atoms with Crippen molar-refractivity contribution in [3.63, 3.8) is 0 Å². The van der Waals surface area contributed by atoms with E-state index in [4.69, 9.17) is 0 Å². The van der Waals surface area contributed by atoms with Crippen LogP contribution in [-0.4, -0.2) is 33.8 Å². The SMILES string of the molecule is Cc1nc(NC(=O)CC[C@@H]2NC(=O)N(Cc3ccccc3)C2=O)sc1C. The van der Waals surface area contributed by atoms with Crippen LogP contribution in [0.2, 0.25) is 0 Å². The molecule has 1 aromatic heterocycles. The van der Waals surface area contributed by atoms with Crippen molar-refractivity contribution < 1.29 is 14.4 Å². The Balaban J connectivity index is 1.53. The molecule has 0 saturated carbocycles. The molecule has 0 radical (unpaired) electrons. The fraction of sp³-hybridized carbons (Fsp3) is 0.333. The second-order valence-corrected chi connectivity index (χ2v) is 7.36. The highest BCUT2D eigenvalue weighted by Crippen LogP contribution is 2.21. The van der Waals surface area contributed by atoms with E-state index in [0.29, 0.717) is 5.13 Å². The molecule has 0 spiro atoms. The first-order valence-corrected chi connectivity index (χ1v) is 9.15. The van der Waals surface area contributed by atoms with Gasteiger partial charge < -0.3 is 10.6 Å². The van der Waals surface area contributed by atoms with Gasteiger partial charge in [0, 0.05) is 11.3 Å². The highest BCUT2D eigenvalue weighted by molar-refractivity contribution is 7.15. The normalized spacial score (nSPS) is 16.7. The zero-order valence-corrected chi connectivity index (χ0v) is 15.4. The predicted octanol–water partition coefficient (Wildman–Crippen LogP) is 2.60. The smallest absolute Gasteiger partial charge is 0.325 e. The van der Waals surface area contributed by atoms with Crippen LogP contribution in [0.25, 0.3) is 0 Å². The number of nitrogens with zero attached hydrogens (tertiary/aromatic N) is 2. The number of aromatic nitrogens is 1. The number of aryl methyl sites for hydroxylation is 2. The molecular weight excluding hydrogens is 352 g/mol. The maximum Gasteiger partial charge on any atom is 0.325 e. The molecule has 2 aromatic rings. The quantitative estimate of drug-likeness (QED) is 0.763. The van der Waals surface area contributed by atoms with Gasteiger partial charge in [0.25, 0.3) is 5.91 Å². The number of nitrogens with one attached hydrogen (secondary N) is 2. The average Bonchev–Trinajstić information content (AvgIpc) is 3.06. The Morgan fingerprint density at radius 2 is 2.00 bits per heavy atom. The molecule has 3 rings (SSSR count). The molecule has 136 valence electrons. The summed E-state index contributed by atoms with van der Waals surface area (Å²) >= 11 is 1.42. The van der Waals surface area contributed by atoms with Crippen LogP contribution in [0.4, 0.5) is 9.93 Å². The van der Waals surface area contributed by atoms with Gasteiger partial charge >= 0.3 is 6.03 Å². The second-order valence-electron chi connectivity index (χ2n) is 6.16. The lowest BCUT2D eigenvalue weighted by Crippen LogP contribution is -2.31. The van der Waals surface area contributed by atoms with Gasteiger partial charge in [-0.25, -0.2) is 9.78 Å². The number of hydrogen-bond donors (Lipinski definition) is 2. The van der Waals surface area contributed by atoms with E-state index >= 15 is 0 Å². The molecule has 26 heavy (non-hydrogen) atoms. The van der Waals surface area contributed by atoms with Crippen molar-refractivity contribution in [3.05, 3.63) is 46.5 Å². The highest BCUT2D eigenvalue weighted by atomic mass is 32.1. The van der Waals surface area contributed by atoms with Crippen molar-refractivity contribution in [3.8, 4) is 0 Å². The number of hydrogen-bond acceptors (Lipinski definition) is 5. The summed E-state index contributed by atoms with van der Waals surface area (Å²) in [6.07, 6.45) is 0.387. The third kappa shape index (κ3) is 4.08. The third-order valence-electron chi connectivity index (χ3n) is 4.23. The van der Waals surface area contributed by atoms with Gasteiger partial charge in [-0.05, 0) is 25.8 Å². The number of thiazole rings is 1. The first kappa shape index (κ1) is 18.1. The molecule has 1 fully saturated rings. The molecule has 1 aliphatic rings. The van der Waals surface area contributed by atoms with E-state index in [1.165, 1.54) is 16.2 Å². The summed E-state index contributed by atoms with van der Waals surface area (Å²) in [6.45, 7) is 4.05. The lowest BCUT2D eigenvalue weighted by atomic mass is 10.1. The minimum Gasteiger partial charge on any atom is -0.326 e. The highest BCUT2D eigenvalue weighted by Gasteiger charge is 2.37. The van der Waals surface area contributed by atoms with E-state index < -0.39 is 12.1 Å². The van der Waals surface area contributed by atoms with Crippen LogP contribution in [0.1, 0.15) is 29.0 Å². The Bertz CT molecular complexity index is 815. The van der Waals surface area contributed by atoms with E-state index in [2.05, 4.69) is 15.6 Å². The molecule has 8 heteroatoms. The molecule has 7 nitrogen and oxygen atoms in total. The van der Waals surface area contributed by atoms with Crippen molar-refractivity contribution in [2.45, 2.75) is 39.3 Å². The van der Waals surface area contributed by atoms with Gasteiger partial charge in [-0.15, -0.1) is 11.3 Å². The van der Waals surface area contributed by atoms with Crippen LogP contribution in [0.15, 0.2) is 30.3 Å². The molecule has 1 aliphatic heterocycles. The number of anilines is 1. The van der Waals surface area contributed by atoms with E-state index in [9.17, 15) is 14.4 Å². The summed E-state index contributed by atoms with van der Waals surface area (Å²) < 4.78 is 0. The molecule has 1 saturated heterocycles. The molecule has 2 N–H and O–H groups in total. The number of carbonyl (C=O) groups is 3. The fourth-order valence-corrected chi connectivity index (χ4v) is 3.50. The van der Waals surface area contributed by atoms with Crippen molar-refractivity contribution >= 4 is 34.3 Å². The molecule has 2 heterocycles. The van der Waals surface area contributed by atoms with Crippen LogP contribution in [0.3, 0.4) is 0 Å². The van der Waals surface area contributed by atoms with E-state index in [0.717, 1.165) is 16.1 Å². The third-order valence-corrected chi connectivity index (χ3v) is 5.21. The van der Waals surface area contributed by atoms with Crippen LogP contribution in [-0.2, 0) is 16.1 Å². The minimum absolute atomic E-state index is 0.132. The van der Waals surface area contributed by atoms with E-state index in [1.807, 2.05) is 44.2 Å². The van der Waals surface area contributed by atoms with Crippen molar-refractivity contribution in [1.29, 1.82) is 0 Å². The van der Waals surface area contributed by atoms with Gasteiger partial charge in [-0.3, -0.25) is 14.5 Å². The first-order chi connectivity index (χ1) is 12.4. The first-order valence-electron chi connectivity index (χ1n) is 8.33. The molecular formula is C18H20N4O3S. The number of amides is 4. The Kier molecular flexibility index (Phi) is 5.32. The lowest BCUT2D eigenvalue weighted by Gasteiger charge is -2.13. The molecule has 0 aliphatic carbocycles. The maximum atomic E-state index is 12.4. The van der Waals surface area contributed by atoms with Crippen molar-refractivity contribution in [2.24, 2.45) is 0 Å². The zero-order valence-electron chi connectivity index (χ0n) is 14.6. The van der Waals surface area contributed by atoms with Gasteiger partial charge in [0.2, 0.25) is 5.91 Å². The lowest BCUT2D eigenvalue weighted by molar-refractivity contribution is -0.128. The van der Waals surface area contributed by atoms with Gasteiger partial charge in [0.1, 0.15) is 6.04 Å². The van der Waals surface area contributed by atoms with Crippen LogP contribution < -0.4 is 10.6 Å². The van der Waals surface area contributed by atoms with Crippen LogP contribution >= 0.6 is 11.3 Å². The summed E-state index contributed by atoms with van der Waals surface area (Å²) in [5.41, 5.74) is 1.77. The van der Waals surface area contributed by atoms with Gasteiger partial charge in [-0.2, -0.15) is 0 Å². The summed E-state index contributed by atoms with van der Waals surface area (Å²) in [6, 6.07) is 8.23. The van der Waals surface area contributed by atoms with Crippen molar-refractivity contribution in [1.82, 2.24) is 15.2 Å². The van der Waals surface area contributed by atoms with E-state index in [-0.39, 0.29) is 31.2 Å².